The molecule has 0 saturated carbocycles. The van der Waals surface area contributed by atoms with Crippen molar-refractivity contribution in [1.29, 1.82) is 0 Å². The molecule has 35 heavy (non-hydrogen) atoms. The molecule has 1 atom stereocenters. The van der Waals surface area contributed by atoms with Crippen LogP contribution >= 0.6 is 0 Å². The summed E-state index contributed by atoms with van der Waals surface area (Å²) in [6.07, 6.45) is 32.7. The maximum absolute atomic E-state index is 5.59. The third-order valence-corrected chi connectivity index (χ3v) is 11.1. The van der Waals surface area contributed by atoms with Crippen LogP contribution in [-0.2, 0) is 8.85 Å². The first kappa shape index (κ1) is 35.1. The van der Waals surface area contributed by atoms with Crippen molar-refractivity contribution in [3.05, 3.63) is 0 Å². The lowest BCUT2D eigenvalue weighted by molar-refractivity contribution is 0.247. The SMILES string of the molecule is CCCCCCCCCCCCCCCCCC(CCCCCCCC[Si](C)(OC)OC)N(C)C. The third kappa shape index (κ3) is 23.0. The Bertz CT molecular complexity index is 415. The summed E-state index contributed by atoms with van der Waals surface area (Å²) in [7, 11) is 6.32. The Morgan fingerprint density at radius 3 is 1.14 bits per heavy atom. The van der Waals surface area contributed by atoms with Crippen LogP contribution in [0.2, 0.25) is 12.6 Å². The molecule has 0 amide bonds. The molecular formula is C31H67NO2Si. The summed E-state index contributed by atoms with van der Waals surface area (Å²) in [4.78, 5) is 2.48. The molecule has 0 rings (SSSR count). The highest BCUT2D eigenvalue weighted by Crippen LogP contribution is 2.20. The fourth-order valence-corrected chi connectivity index (χ4v) is 6.70. The smallest absolute Gasteiger partial charge is 0.334 e. The van der Waals surface area contributed by atoms with Crippen LogP contribution in [0.4, 0.5) is 0 Å². The summed E-state index contributed by atoms with van der Waals surface area (Å²) in [5, 5.41) is 0. The Morgan fingerprint density at radius 1 is 0.514 bits per heavy atom. The average Bonchev–Trinajstić information content (AvgIpc) is 2.86. The molecule has 0 aromatic rings. The Labute approximate surface area is 223 Å². The van der Waals surface area contributed by atoms with Crippen LogP contribution in [-0.4, -0.2) is 47.8 Å². The summed E-state index contributed by atoms with van der Waals surface area (Å²) < 4.78 is 11.2. The number of rotatable bonds is 28. The van der Waals surface area contributed by atoms with E-state index in [-0.39, 0.29) is 0 Å². The van der Waals surface area contributed by atoms with Crippen LogP contribution in [0.25, 0.3) is 0 Å². The predicted octanol–water partition coefficient (Wildman–Crippen LogP) is 10.3. The molecule has 0 aliphatic carbocycles. The third-order valence-electron chi connectivity index (χ3n) is 8.15. The van der Waals surface area contributed by atoms with E-state index in [4.69, 9.17) is 8.85 Å². The lowest BCUT2D eigenvalue weighted by Gasteiger charge is -2.24. The van der Waals surface area contributed by atoms with Gasteiger partial charge in [0.25, 0.3) is 0 Å². The zero-order valence-corrected chi connectivity index (χ0v) is 26.3. The number of nitrogens with zero attached hydrogens (tertiary/aromatic N) is 1. The fraction of sp³-hybridized carbons (Fsp3) is 1.00. The minimum absolute atomic E-state index is 0.784. The summed E-state index contributed by atoms with van der Waals surface area (Å²) in [6.45, 7) is 4.48. The molecule has 0 radical (unpaired) electrons. The molecule has 3 nitrogen and oxygen atoms in total. The van der Waals surface area contributed by atoms with Gasteiger partial charge in [0, 0.05) is 20.3 Å². The highest BCUT2D eigenvalue weighted by Gasteiger charge is 2.27. The molecule has 1 unspecified atom stereocenters. The van der Waals surface area contributed by atoms with Gasteiger partial charge in [-0.3, -0.25) is 0 Å². The topological polar surface area (TPSA) is 21.7 Å². The summed E-state index contributed by atoms with van der Waals surface area (Å²) in [5.74, 6) is 0. The molecule has 0 fully saturated rings. The van der Waals surface area contributed by atoms with Crippen LogP contribution in [0.15, 0.2) is 0 Å². The maximum atomic E-state index is 5.59. The minimum Gasteiger partial charge on any atom is -0.398 e. The van der Waals surface area contributed by atoms with Gasteiger partial charge in [-0.25, -0.2) is 0 Å². The van der Waals surface area contributed by atoms with Crippen LogP contribution in [0.1, 0.15) is 155 Å². The monoisotopic (exact) mass is 513 g/mol. The van der Waals surface area contributed by atoms with E-state index in [2.05, 4.69) is 32.5 Å². The number of hydrogen-bond acceptors (Lipinski definition) is 3. The molecule has 0 heterocycles. The molecule has 0 aromatic heterocycles. The second kappa shape index (κ2) is 25.7. The second-order valence-corrected chi connectivity index (χ2v) is 15.1. The molecule has 0 spiro atoms. The quantitative estimate of drug-likeness (QED) is 0.0767. The van der Waals surface area contributed by atoms with Gasteiger partial charge < -0.3 is 13.8 Å². The summed E-state index contributed by atoms with van der Waals surface area (Å²) in [6, 6.07) is 1.91. The van der Waals surface area contributed by atoms with Crippen molar-refractivity contribution in [2.75, 3.05) is 28.3 Å². The van der Waals surface area contributed by atoms with Crippen molar-refractivity contribution in [3.8, 4) is 0 Å². The first-order valence-electron chi connectivity index (χ1n) is 15.8. The summed E-state index contributed by atoms with van der Waals surface area (Å²) >= 11 is 0. The van der Waals surface area contributed by atoms with Gasteiger partial charge in [-0.1, -0.05) is 142 Å². The van der Waals surface area contributed by atoms with E-state index in [1.165, 1.54) is 148 Å². The molecule has 0 bridgehead atoms. The van der Waals surface area contributed by atoms with Gasteiger partial charge in [-0.15, -0.1) is 0 Å². The van der Waals surface area contributed by atoms with Crippen LogP contribution < -0.4 is 0 Å². The molecule has 0 saturated heterocycles. The molecule has 0 aliphatic heterocycles. The lowest BCUT2D eigenvalue weighted by atomic mass is 9.99. The van der Waals surface area contributed by atoms with Gasteiger partial charge in [0.15, 0.2) is 0 Å². The molecule has 4 heteroatoms. The normalized spacial score (nSPS) is 13.1. The first-order chi connectivity index (χ1) is 17.0. The minimum atomic E-state index is -1.84. The van der Waals surface area contributed by atoms with Crippen molar-refractivity contribution >= 4 is 8.56 Å². The standard InChI is InChI=1S/C31H67NO2Si/c1-7-8-9-10-11-12-13-14-15-16-17-18-19-22-25-28-31(32(2)3)29-26-23-20-21-24-27-30-35(6,33-4)34-5/h31H,7-30H2,1-6H3. The van der Waals surface area contributed by atoms with Gasteiger partial charge in [0.05, 0.1) is 0 Å². The van der Waals surface area contributed by atoms with E-state index in [0.29, 0.717) is 0 Å². The van der Waals surface area contributed by atoms with Gasteiger partial charge >= 0.3 is 8.56 Å². The molecular weight excluding hydrogens is 446 g/mol. The molecule has 0 aromatic carbocycles. The molecule has 0 aliphatic rings. The van der Waals surface area contributed by atoms with Crippen LogP contribution in [0.3, 0.4) is 0 Å². The van der Waals surface area contributed by atoms with Gasteiger partial charge in [0.1, 0.15) is 0 Å². The van der Waals surface area contributed by atoms with Crippen LogP contribution in [0, 0.1) is 0 Å². The Morgan fingerprint density at radius 2 is 0.829 bits per heavy atom. The van der Waals surface area contributed by atoms with Crippen molar-refractivity contribution in [2.24, 2.45) is 0 Å². The largest absolute Gasteiger partial charge is 0.398 e. The van der Waals surface area contributed by atoms with Crippen molar-refractivity contribution < 1.29 is 8.85 Å². The Kier molecular flexibility index (Phi) is 25.8. The fourth-order valence-electron chi connectivity index (χ4n) is 5.23. The van der Waals surface area contributed by atoms with Gasteiger partial charge in [-0.05, 0) is 39.5 Å². The van der Waals surface area contributed by atoms with E-state index in [1.807, 2.05) is 0 Å². The van der Waals surface area contributed by atoms with E-state index >= 15 is 0 Å². The van der Waals surface area contributed by atoms with Crippen molar-refractivity contribution in [1.82, 2.24) is 4.90 Å². The highest BCUT2D eigenvalue weighted by atomic mass is 28.4. The van der Waals surface area contributed by atoms with Gasteiger partial charge in [-0.2, -0.15) is 0 Å². The average molecular weight is 514 g/mol. The lowest BCUT2D eigenvalue weighted by Crippen LogP contribution is -2.35. The number of hydrogen-bond donors (Lipinski definition) is 0. The molecule has 212 valence electrons. The zero-order valence-electron chi connectivity index (χ0n) is 25.3. The predicted molar refractivity (Wildman–Crippen MR) is 160 cm³/mol. The summed E-state index contributed by atoms with van der Waals surface area (Å²) in [5.41, 5.74) is 0. The highest BCUT2D eigenvalue weighted by molar-refractivity contribution is 6.65. The Hall–Kier alpha value is 0.0969. The van der Waals surface area contributed by atoms with E-state index in [9.17, 15) is 0 Å². The maximum Gasteiger partial charge on any atom is 0.334 e. The second-order valence-electron chi connectivity index (χ2n) is 11.6. The Balaban J connectivity index is 3.50. The van der Waals surface area contributed by atoms with E-state index in [0.717, 1.165) is 12.1 Å². The zero-order chi connectivity index (χ0) is 26.0. The first-order valence-corrected chi connectivity index (χ1v) is 18.3. The number of unbranched alkanes of at least 4 members (excludes halogenated alkanes) is 19. The van der Waals surface area contributed by atoms with Crippen molar-refractivity contribution in [2.45, 2.75) is 173 Å². The van der Waals surface area contributed by atoms with E-state index < -0.39 is 8.56 Å². The van der Waals surface area contributed by atoms with Crippen LogP contribution in [0.5, 0.6) is 0 Å². The van der Waals surface area contributed by atoms with Gasteiger partial charge in [0.2, 0.25) is 0 Å². The molecule has 0 N–H and O–H groups in total. The van der Waals surface area contributed by atoms with E-state index in [1.54, 1.807) is 14.2 Å². The van der Waals surface area contributed by atoms with Crippen molar-refractivity contribution in [3.63, 3.8) is 0 Å².